The second kappa shape index (κ2) is 2.87. The number of aliphatic carboxylic acids is 1. The molecule has 3 N–H and O–H groups in total. The summed E-state index contributed by atoms with van der Waals surface area (Å²) in [6, 6.07) is 0. The maximum atomic E-state index is 12.3. The van der Waals surface area contributed by atoms with Crippen molar-refractivity contribution >= 4 is 5.97 Å². The standard InChI is InChI=1S/C7H10F3NO2/c8-7(9,10)6(11)2-1-4(3-6)5(12)13/h4H,1-3,11H2,(H,12,13)/t4-,6+/m1/s1. The van der Waals surface area contributed by atoms with Gasteiger partial charge in [0.2, 0.25) is 0 Å². The van der Waals surface area contributed by atoms with E-state index >= 15 is 0 Å². The zero-order valence-corrected chi connectivity index (χ0v) is 6.77. The molecule has 13 heavy (non-hydrogen) atoms. The molecule has 0 saturated heterocycles. The molecule has 0 aromatic heterocycles. The molecule has 0 spiro atoms. The summed E-state index contributed by atoms with van der Waals surface area (Å²) in [6.07, 6.45) is -5.30. The van der Waals surface area contributed by atoms with E-state index in [-0.39, 0.29) is 12.8 Å². The van der Waals surface area contributed by atoms with Crippen LogP contribution in [-0.4, -0.2) is 22.8 Å². The summed E-state index contributed by atoms with van der Waals surface area (Å²) in [4.78, 5) is 10.4. The van der Waals surface area contributed by atoms with Crippen molar-refractivity contribution in [2.75, 3.05) is 0 Å². The summed E-state index contributed by atoms with van der Waals surface area (Å²) >= 11 is 0. The molecule has 0 aliphatic heterocycles. The van der Waals surface area contributed by atoms with Crippen LogP contribution in [0.3, 0.4) is 0 Å². The van der Waals surface area contributed by atoms with Gasteiger partial charge in [0.1, 0.15) is 5.54 Å². The highest BCUT2D eigenvalue weighted by Gasteiger charge is 2.56. The first-order valence-electron chi connectivity index (χ1n) is 3.85. The SMILES string of the molecule is N[C@@]1(C(F)(F)F)CC[C@@H](C(=O)O)C1. The van der Waals surface area contributed by atoms with Gasteiger partial charge in [-0.3, -0.25) is 4.79 Å². The van der Waals surface area contributed by atoms with Gasteiger partial charge in [-0.2, -0.15) is 13.2 Å². The van der Waals surface area contributed by atoms with Crippen LogP contribution in [0.1, 0.15) is 19.3 Å². The molecule has 0 amide bonds. The predicted molar refractivity (Wildman–Crippen MR) is 38.0 cm³/mol. The van der Waals surface area contributed by atoms with E-state index in [1.807, 2.05) is 0 Å². The first kappa shape index (κ1) is 10.3. The van der Waals surface area contributed by atoms with Gasteiger partial charge in [0, 0.05) is 0 Å². The Labute approximate surface area is 72.7 Å². The minimum absolute atomic E-state index is 0.00530. The maximum Gasteiger partial charge on any atom is 0.406 e. The van der Waals surface area contributed by atoms with Gasteiger partial charge in [-0.15, -0.1) is 0 Å². The second-order valence-electron chi connectivity index (χ2n) is 3.43. The first-order valence-corrected chi connectivity index (χ1v) is 3.85. The molecule has 0 aromatic rings. The van der Waals surface area contributed by atoms with E-state index in [2.05, 4.69) is 0 Å². The summed E-state index contributed by atoms with van der Waals surface area (Å²) in [5, 5.41) is 8.49. The molecule has 0 aromatic carbocycles. The molecule has 1 aliphatic rings. The number of hydrogen-bond acceptors (Lipinski definition) is 2. The van der Waals surface area contributed by atoms with Crippen LogP contribution in [0, 0.1) is 5.92 Å². The first-order chi connectivity index (χ1) is 5.76. The minimum Gasteiger partial charge on any atom is -0.481 e. The van der Waals surface area contributed by atoms with Crippen LogP contribution in [0.25, 0.3) is 0 Å². The third-order valence-corrected chi connectivity index (χ3v) is 2.46. The summed E-state index contributed by atoms with van der Waals surface area (Å²) in [6.45, 7) is 0. The molecule has 2 atom stereocenters. The quantitative estimate of drug-likeness (QED) is 0.662. The molecule has 6 heteroatoms. The second-order valence-corrected chi connectivity index (χ2v) is 3.43. The van der Waals surface area contributed by atoms with Gasteiger partial charge in [-0.1, -0.05) is 0 Å². The highest BCUT2D eigenvalue weighted by Crippen LogP contribution is 2.43. The normalized spacial score (nSPS) is 34.9. The van der Waals surface area contributed by atoms with E-state index in [9.17, 15) is 18.0 Å². The van der Waals surface area contributed by atoms with Crippen molar-refractivity contribution in [1.82, 2.24) is 0 Å². The lowest BCUT2D eigenvalue weighted by Gasteiger charge is -2.26. The lowest BCUT2D eigenvalue weighted by atomic mass is 9.97. The van der Waals surface area contributed by atoms with Gasteiger partial charge >= 0.3 is 12.1 Å². The Hall–Kier alpha value is -0.780. The highest BCUT2D eigenvalue weighted by molar-refractivity contribution is 5.70. The van der Waals surface area contributed by atoms with E-state index in [0.29, 0.717) is 0 Å². The van der Waals surface area contributed by atoms with Gasteiger partial charge in [0.05, 0.1) is 5.92 Å². The number of carbonyl (C=O) groups is 1. The van der Waals surface area contributed by atoms with Crippen LogP contribution in [-0.2, 0) is 4.79 Å². The summed E-state index contributed by atoms with van der Waals surface area (Å²) in [7, 11) is 0. The molecule has 3 nitrogen and oxygen atoms in total. The van der Waals surface area contributed by atoms with Gasteiger partial charge < -0.3 is 10.8 Å². The Morgan fingerprint density at radius 1 is 1.54 bits per heavy atom. The topological polar surface area (TPSA) is 63.3 Å². The van der Waals surface area contributed by atoms with Gasteiger partial charge in [0.15, 0.2) is 0 Å². The number of nitrogens with two attached hydrogens (primary N) is 1. The van der Waals surface area contributed by atoms with Crippen molar-refractivity contribution < 1.29 is 23.1 Å². The average molecular weight is 197 g/mol. The number of hydrogen-bond donors (Lipinski definition) is 2. The van der Waals surface area contributed by atoms with Crippen molar-refractivity contribution in [3.05, 3.63) is 0 Å². The molecular weight excluding hydrogens is 187 g/mol. The summed E-state index contributed by atoms with van der Waals surface area (Å²) in [5.41, 5.74) is 2.78. The van der Waals surface area contributed by atoms with Gasteiger partial charge in [0.25, 0.3) is 0 Å². The Morgan fingerprint density at radius 3 is 2.31 bits per heavy atom. The molecule has 76 valence electrons. The van der Waals surface area contributed by atoms with Gasteiger partial charge in [-0.05, 0) is 19.3 Å². The van der Waals surface area contributed by atoms with Crippen LogP contribution in [0.5, 0.6) is 0 Å². The summed E-state index contributed by atoms with van der Waals surface area (Å²) < 4.78 is 36.8. The third kappa shape index (κ3) is 1.77. The number of carboxylic acid groups (broad SMARTS) is 1. The Balaban J connectivity index is 2.72. The molecule has 0 unspecified atom stereocenters. The van der Waals surface area contributed by atoms with Crippen molar-refractivity contribution in [3.8, 4) is 0 Å². The fourth-order valence-electron chi connectivity index (χ4n) is 1.54. The van der Waals surface area contributed by atoms with E-state index in [0.717, 1.165) is 0 Å². The fraction of sp³-hybridized carbons (Fsp3) is 0.857. The minimum atomic E-state index is -4.50. The Bertz CT molecular complexity index is 228. The highest BCUT2D eigenvalue weighted by atomic mass is 19.4. The van der Waals surface area contributed by atoms with Crippen molar-refractivity contribution in [2.45, 2.75) is 31.0 Å². The molecule has 1 aliphatic carbocycles. The molecule has 1 saturated carbocycles. The van der Waals surface area contributed by atoms with Crippen LogP contribution in [0.2, 0.25) is 0 Å². The fourth-order valence-corrected chi connectivity index (χ4v) is 1.54. The summed E-state index contributed by atoms with van der Waals surface area (Å²) in [5.74, 6) is -2.15. The molecule has 0 heterocycles. The van der Waals surface area contributed by atoms with Gasteiger partial charge in [-0.25, -0.2) is 0 Å². The molecular formula is C7H10F3NO2. The Morgan fingerprint density at radius 2 is 2.08 bits per heavy atom. The zero-order chi connectivity index (χ0) is 10.3. The largest absolute Gasteiger partial charge is 0.481 e. The molecule has 1 rings (SSSR count). The number of carboxylic acids is 1. The smallest absolute Gasteiger partial charge is 0.406 e. The third-order valence-electron chi connectivity index (χ3n) is 2.46. The Kier molecular flexibility index (Phi) is 2.27. The van der Waals surface area contributed by atoms with Crippen LogP contribution in [0.15, 0.2) is 0 Å². The van der Waals surface area contributed by atoms with Crippen LogP contribution >= 0.6 is 0 Å². The number of alkyl halides is 3. The van der Waals surface area contributed by atoms with Crippen LogP contribution < -0.4 is 5.73 Å². The van der Waals surface area contributed by atoms with Crippen molar-refractivity contribution in [3.63, 3.8) is 0 Å². The van der Waals surface area contributed by atoms with Crippen molar-refractivity contribution in [1.29, 1.82) is 0 Å². The van der Waals surface area contributed by atoms with Crippen molar-refractivity contribution in [2.24, 2.45) is 11.7 Å². The zero-order valence-electron chi connectivity index (χ0n) is 6.77. The molecule has 0 bridgehead atoms. The van der Waals surface area contributed by atoms with E-state index in [1.54, 1.807) is 0 Å². The van der Waals surface area contributed by atoms with E-state index < -0.39 is 30.0 Å². The number of halogens is 3. The van der Waals surface area contributed by atoms with E-state index in [1.165, 1.54) is 0 Å². The molecule has 0 radical (unpaired) electrons. The lowest BCUT2D eigenvalue weighted by molar-refractivity contribution is -0.185. The maximum absolute atomic E-state index is 12.3. The monoisotopic (exact) mass is 197 g/mol. The predicted octanol–water partition coefficient (Wildman–Crippen LogP) is 1.13. The lowest BCUT2D eigenvalue weighted by Crippen LogP contribution is -2.51. The van der Waals surface area contributed by atoms with Crippen LogP contribution in [0.4, 0.5) is 13.2 Å². The molecule has 1 fully saturated rings. The average Bonchev–Trinajstić information content (AvgIpc) is 2.31. The van der Waals surface area contributed by atoms with E-state index in [4.69, 9.17) is 10.8 Å². The number of rotatable bonds is 1.